The average Bonchev–Trinajstić information content (AvgIpc) is 2.69. The van der Waals surface area contributed by atoms with E-state index in [2.05, 4.69) is 15.6 Å². The molecular formula is C21H18FN3O2. The average molecular weight is 363 g/mol. The number of aromatic nitrogens is 1. The summed E-state index contributed by atoms with van der Waals surface area (Å²) in [4.78, 5) is 28.0. The van der Waals surface area contributed by atoms with Gasteiger partial charge in [0.05, 0.1) is 5.56 Å². The van der Waals surface area contributed by atoms with Gasteiger partial charge in [-0.15, -0.1) is 0 Å². The Kier molecular flexibility index (Phi) is 5.89. The molecule has 0 aliphatic rings. The van der Waals surface area contributed by atoms with Gasteiger partial charge in [0.15, 0.2) is 0 Å². The molecule has 0 saturated heterocycles. The number of carbonyl (C=O) groups excluding carboxylic acids is 2. The first kappa shape index (κ1) is 18.3. The monoisotopic (exact) mass is 363 g/mol. The lowest BCUT2D eigenvalue weighted by Crippen LogP contribution is -2.13. The van der Waals surface area contributed by atoms with Gasteiger partial charge in [0, 0.05) is 30.2 Å². The van der Waals surface area contributed by atoms with Gasteiger partial charge >= 0.3 is 0 Å². The second-order valence-electron chi connectivity index (χ2n) is 5.95. The van der Waals surface area contributed by atoms with E-state index in [-0.39, 0.29) is 24.1 Å². The lowest BCUT2D eigenvalue weighted by atomic mass is 10.1. The van der Waals surface area contributed by atoms with Crippen LogP contribution in [0.4, 0.5) is 15.8 Å². The lowest BCUT2D eigenvalue weighted by Gasteiger charge is -2.08. The number of nitrogens with zero attached hydrogens (tertiary/aromatic N) is 1. The first-order chi connectivity index (χ1) is 13.1. The van der Waals surface area contributed by atoms with Gasteiger partial charge < -0.3 is 10.6 Å². The molecule has 2 amide bonds. The molecule has 0 unspecified atom stereocenters. The third-order valence-electron chi connectivity index (χ3n) is 3.88. The highest BCUT2D eigenvalue weighted by Crippen LogP contribution is 2.15. The number of carbonyl (C=O) groups is 2. The van der Waals surface area contributed by atoms with Crippen molar-refractivity contribution in [2.24, 2.45) is 0 Å². The third kappa shape index (κ3) is 5.47. The predicted molar refractivity (Wildman–Crippen MR) is 102 cm³/mol. The number of rotatable bonds is 6. The highest BCUT2D eigenvalue weighted by atomic mass is 19.1. The van der Waals surface area contributed by atoms with Gasteiger partial charge in [-0.1, -0.05) is 12.1 Å². The molecule has 6 heteroatoms. The molecule has 5 nitrogen and oxygen atoms in total. The van der Waals surface area contributed by atoms with E-state index in [0.29, 0.717) is 23.4 Å². The maximum atomic E-state index is 13.1. The Bertz CT molecular complexity index is 928. The number of halogens is 1. The van der Waals surface area contributed by atoms with Crippen LogP contribution >= 0.6 is 0 Å². The number of pyridine rings is 1. The fourth-order valence-corrected chi connectivity index (χ4v) is 2.51. The van der Waals surface area contributed by atoms with E-state index in [4.69, 9.17) is 0 Å². The molecule has 0 aliphatic carbocycles. The summed E-state index contributed by atoms with van der Waals surface area (Å²) < 4.78 is 13.1. The lowest BCUT2D eigenvalue weighted by molar-refractivity contribution is -0.116. The largest absolute Gasteiger partial charge is 0.326 e. The van der Waals surface area contributed by atoms with Crippen LogP contribution in [0.3, 0.4) is 0 Å². The Balaban J connectivity index is 1.51. The SMILES string of the molecule is O=C(CCc1cccc(F)c1)Nc1ccc(NC(=O)c2cccnc2)cc1. The maximum absolute atomic E-state index is 13.1. The van der Waals surface area contributed by atoms with Crippen molar-refractivity contribution < 1.29 is 14.0 Å². The van der Waals surface area contributed by atoms with Crippen molar-refractivity contribution in [3.05, 3.63) is 90.0 Å². The minimum atomic E-state index is -0.308. The highest BCUT2D eigenvalue weighted by molar-refractivity contribution is 6.04. The zero-order valence-electron chi connectivity index (χ0n) is 14.5. The summed E-state index contributed by atoms with van der Waals surface area (Å²) in [7, 11) is 0. The van der Waals surface area contributed by atoms with E-state index in [1.807, 2.05) is 0 Å². The van der Waals surface area contributed by atoms with Crippen LogP contribution in [0.2, 0.25) is 0 Å². The van der Waals surface area contributed by atoms with Gasteiger partial charge in [0.1, 0.15) is 5.82 Å². The number of benzene rings is 2. The zero-order chi connectivity index (χ0) is 19.1. The Labute approximate surface area is 156 Å². The maximum Gasteiger partial charge on any atom is 0.257 e. The molecule has 3 rings (SSSR count). The van der Waals surface area contributed by atoms with Crippen LogP contribution in [0.25, 0.3) is 0 Å². The molecule has 0 fully saturated rings. The number of aryl methyl sites for hydroxylation is 1. The predicted octanol–water partition coefficient (Wildman–Crippen LogP) is 4.04. The molecule has 27 heavy (non-hydrogen) atoms. The molecule has 1 aromatic heterocycles. The van der Waals surface area contributed by atoms with Gasteiger partial charge in [0.2, 0.25) is 5.91 Å². The number of anilines is 2. The fourth-order valence-electron chi connectivity index (χ4n) is 2.51. The van der Waals surface area contributed by atoms with Crippen LogP contribution in [-0.2, 0) is 11.2 Å². The normalized spacial score (nSPS) is 10.3. The van der Waals surface area contributed by atoms with Gasteiger partial charge in [-0.2, -0.15) is 0 Å². The molecule has 1 heterocycles. The van der Waals surface area contributed by atoms with E-state index in [9.17, 15) is 14.0 Å². The topological polar surface area (TPSA) is 71.1 Å². The van der Waals surface area contributed by atoms with Crippen LogP contribution in [0, 0.1) is 5.82 Å². The van der Waals surface area contributed by atoms with Crippen LogP contribution < -0.4 is 10.6 Å². The number of hydrogen-bond acceptors (Lipinski definition) is 3. The first-order valence-corrected chi connectivity index (χ1v) is 8.46. The second-order valence-corrected chi connectivity index (χ2v) is 5.95. The third-order valence-corrected chi connectivity index (χ3v) is 3.88. The molecule has 2 N–H and O–H groups in total. The van der Waals surface area contributed by atoms with Crippen molar-refractivity contribution in [3.8, 4) is 0 Å². The summed E-state index contributed by atoms with van der Waals surface area (Å²) in [6.45, 7) is 0. The molecule has 0 aliphatic heterocycles. The number of hydrogen-bond donors (Lipinski definition) is 2. The second kappa shape index (κ2) is 8.71. The van der Waals surface area contributed by atoms with Gasteiger partial charge in [-0.05, 0) is 60.5 Å². The summed E-state index contributed by atoms with van der Waals surface area (Å²) in [6, 6.07) is 16.4. The van der Waals surface area contributed by atoms with E-state index in [1.54, 1.807) is 54.7 Å². The Morgan fingerprint density at radius 2 is 1.67 bits per heavy atom. The molecule has 136 valence electrons. The Hall–Kier alpha value is -3.54. The summed E-state index contributed by atoms with van der Waals surface area (Å²) in [5.74, 6) is -0.724. The molecule has 3 aromatic rings. The van der Waals surface area contributed by atoms with Crippen LogP contribution in [-0.4, -0.2) is 16.8 Å². The van der Waals surface area contributed by atoms with E-state index in [0.717, 1.165) is 5.56 Å². The van der Waals surface area contributed by atoms with Gasteiger partial charge in [0.25, 0.3) is 5.91 Å². The van der Waals surface area contributed by atoms with Gasteiger partial charge in [-0.3, -0.25) is 14.6 Å². The van der Waals surface area contributed by atoms with E-state index >= 15 is 0 Å². The van der Waals surface area contributed by atoms with Crippen molar-refractivity contribution in [1.29, 1.82) is 0 Å². The quantitative estimate of drug-likeness (QED) is 0.694. The van der Waals surface area contributed by atoms with Crippen molar-refractivity contribution in [3.63, 3.8) is 0 Å². The highest BCUT2D eigenvalue weighted by Gasteiger charge is 2.07. The summed E-state index contributed by atoms with van der Waals surface area (Å²) in [5.41, 5.74) is 2.48. The molecule has 0 bridgehead atoms. The van der Waals surface area contributed by atoms with E-state index < -0.39 is 0 Å². The molecular weight excluding hydrogens is 345 g/mol. The summed E-state index contributed by atoms with van der Waals surface area (Å²) in [6.07, 6.45) is 3.80. The van der Waals surface area contributed by atoms with Crippen molar-refractivity contribution in [2.45, 2.75) is 12.8 Å². The van der Waals surface area contributed by atoms with Crippen molar-refractivity contribution >= 4 is 23.2 Å². The smallest absolute Gasteiger partial charge is 0.257 e. The van der Waals surface area contributed by atoms with E-state index in [1.165, 1.54) is 18.3 Å². The summed E-state index contributed by atoms with van der Waals surface area (Å²) >= 11 is 0. The van der Waals surface area contributed by atoms with Crippen molar-refractivity contribution in [2.75, 3.05) is 10.6 Å². The fraction of sp³-hybridized carbons (Fsp3) is 0.0952. The number of amides is 2. The molecule has 0 saturated carbocycles. The summed E-state index contributed by atoms with van der Waals surface area (Å²) in [5, 5.41) is 5.55. The molecule has 0 atom stereocenters. The molecule has 0 radical (unpaired) electrons. The molecule has 2 aromatic carbocycles. The minimum absolute atomic E-state index is 0.161. The minimum Gasteiger partial charge on any atom is -0.326 e. The van der Waals surface area contributed by atoms with Gasteiger partial charge in [-0.25, -0.2) is 4.39 Å². The van der Waals surface area contributed by atoms with Crippen molar-refractivity contribution in [1.82, 2.24) is 4.98 Å². The number of nitrogens with one attached hydrogen (secondary N) is 2. The standard InChI is InChI=1S/C21H18FN3O2/c22-17-5-1-3-15(13-17)6-11-20(26)24-18-7-9-19(10-8-18)25-21(27)16-4-2-12-23-14-16/h1-5,7-10,12-14H,6,11H2,(H,24,26)(H,25,27). The molecule has 0 spiro atoms. The Morgan fingerprint density at radius 1 is 0.926 bits per heavy atom. The van der Waals surface area contributed by atoms with Crippen LogP contribution in [0.1, 0.15) is 22.3 Å². The Morgan fingerprint density at radius 3 is 2.33 bits per heavy atom. The first-order valence-electron chi connectivity index (χ1n) is 8.46. The van der Waals surface area contributed by atoms with Crippen LogP contribution in [0.15, 0.2) is 73.1 Å². The van der Waals surface area contributed by atoms with Crippen LogP contribution in [0.5, 0.6) is 0 Å². The zero-order valence-corrected chi connectivity index (χ0v) is 14.5.